The molecule has 1 amide bonds. The zero-order chi connectivity index (χ0) is 21.6. The molecule has 1 aliphatic rings. The van der Waals surface area contributed by atoms with Crippen LogP contribution in [0.3, 0.4) is 0 Å². The highest BCUT2D eigenvalue weighted by Gasteiger charge is 2.25. The lowest BCUT2D eigenvalue weighted by Gasteiger charge is -2.23. The van der Waals surface area contributed by atoms with Gasteiger partial charge >= 0.3 is 0 Å². The smallest absolute Gasteiger partial charge is 0.240 e. The molecule has 0 fully saturated rings. The fraction of sp³-hybridized carbons (Fsp3) is 0.350. The maximum absolute atomic E-state index is 12.5. The molecule has 30 heavy (non-hydrogen) atoms. The molecular formula is C20H24N2O7S. The molecule has 0 spiro atoms. The number of rotatable bonds is 10. The summed E-state index contributed by atoms with van der Waals surface area (Å²) in [6.45, 7) is 1.69. The first-order valence-corrected chi connectivity index (χ1v) is 11.0. The van der Waals surface area contributed by atoms with Gasteiger partial charge < -0.3 is 24.3 Å². The van der Waals surface area contributed by atoms with E-state index in [0.717, 1.165) is 4.31 Å². The largest absolute Gasteiger partial charge is 0.497 e. The molecule has 3 rings (SSSR count). The lowest BCUT2D eigenvalue weighted by molar-refractivity contribution is -0.119. The predicted octanol–water partition coefficient (Wildman–Crippen LogP) is 1.78. The highest BCUT2D eigenvalue weighted by atomic mass is 32.2. The fourth-order valence-electron chi connectivity index (χ4n) is 2.78. The van der Waals surface area contributed by atoms with Crippen molar-refractivity contribution < 1.29 is 32.2 Å². The maximum atomic E-state index is 12.5. The second-order valence-electron chi connectivity index (χ2n) is 6.32. The number of amides is 1. The Kier molecular flexibility index (Phi) is 6.88. The number of hydrogen-bond acceptors (Lipinski definition) is 7. The van der Waals surface area contributed by atoms with E-state index < -0.39 is 15.9 Å². The normalized spacial score (nSPS) is 12.3. The zero-order valence-corrected chi connectivity index (χ0v) is 17.6. The van der Waals surface area contributed by atoms with Gasteiger partial charge in [0.15, 0.2) is 11.5 Å². The first-order valence-electron chi connectivity index (χ1n) is 9.36. The Bertz CT molecular complexity index is 994. The average Bonchev–Trinajstić information content (AvgIpc) is 3.23. The molecule has 0 radical (unpaired) electrons. The van der Waals surface area contributed by atoms with Gasteiger partial charge in [0, 0.05) is 12.1 Å². The van der Waals surface area contributed by atoms with Gasteiger partial charge in [-0.25, -0.2) is 8.42 Å². The summed E-state index contributed by atoms with van der Waals surface area (Å²) in [6, 6.07) is 11.9. The molecule has 0 saturated carbocycles. The second kappa shape index (κ2) is 9.57. The van der Waals surface area contributed by atoms with Gasteiger partial charge in [0.1, 0.15) is 24.7 Å². The molecule has 162 valence electrons. The summed E-state index contributed by atoms with van der Waals surface area (Å²) in [7, 11) is -2.11. The van der Waals surface area contributed by atoms with E-state index in [-0.39, 0.29) is 32.2 Å². The van der Waals surface area contributed by atoms with Crippen LogP contribution >= 0.6 is 0 Å². The number of methoxy groups -OCH3 is 1. The van der Waals surface area contributed by atoms with Crippen LogP contribution in [0, 0.1) is 0 Å². The van der Waals surface area contributed by atoms with Crippen molar-refractivity contribution in [1.82, 2.24) is 5.32 Å². The molecule has 2 aromatic rings. The van der Waals surface area contributed by atoms with E-state index in [1.165, 1.54) is 6.92 Å². The molecule has 10 heteroatoms. The van der Waals surface area contributed by atoms with Gasteiger partial charge in [-0.05, 0) is 31.2 Å². The fourth-order valence-corrected chi connectivity index (χ4v) is 3.84. The Balaban J connectivity index is 1.58. The van der Waals surface area contributed by atoms with E-state index >= 15 is 0 Å². The van der Waals surface area contributed by atoms with Crippen molar-refractivity contribution in [2.45, 2.75) is 6.92 Å². The molecule has 0 saturated heterocycles. The third-order valence-corrected chi connectivity index (χ3v) is 6.11. The third-order valence-electron chi connectivity index (χ3n) is 4.37. The van der Waals surface area contributed by atoms with Crippen LogP contribution in [-0.2, 0) is 14.8 Å². The van der Waals surface area contributed by atoms with Gasteiger partial charge in [-0.2, -0.15) is 0 Å². The van der Waals surface area contributed by atoms with Crippen LogP contribution in [0.4, 0.5) is 5.69 Å². The zero-order valence-electron chi connectivity index (χ0n) is 16.8. The number of nitrogens with zero attached hydrogens (tertiary/aromatic N) is 1. The number of sulfonamides is 1. The number of fused-ring (bicyclic) bond motifs is 1. The number of nitrogens with one attached hydrogen (secondary N) is 1. The predicted molar refractivity (Wildman–Crippen MR) is 111 cm³/mol. The molecule has 1 aliphatic heterocycles. The number of benzene rings is 2. The summed E-state index contributed by atoms with van der Waals surface area (Å²) < 4.78 is 47.4. The Morgan fingerprint density at radius 3 is 2.67 bits per heavy atom. The first-order chi connectivity index (χ1) is 14.4. The van der Waals surface area contributed by atoms with E-state index in [1.54, 1.807) is 49.6 Å². The van der Waals surface area contributed by atoms with E-state index in [1.807, 2.05) is 0 Å². The monoisotopic (exact) mass is 436 g/mol. The molecule has 0 aliphatic carbocycles. The third kappa shape index (κ3) is 5.26. The van der Waals surface area contributed by atoms with Crippen LogP contribution in [0.5, 0.6) is 23.0 Å². The summed E-state index contributed by atoms with van der Waals surface area (Å²) in [5, 5.41) is 2.67. The maximum Gasteiger partial charge on any atom is 0.240 e. The lowest BCUT2D eigenvalue weighted by Crippen LogP contribution is -2.42. The van der Waals surface area contributed by atoms with Crippen LogP contribution in [0.1, 0.15) is 6.92 Å². The number of anilines is 1. The highest BCUT2D eigenvalue weighted by molar-refractivity contribution is 7.92. The van der Waals surface area contributed by atoms with Crippen molar-refractivity contribution in [3.05, 3.63) is 42.5 Å². The molecule has 2 aromatic carbocycles. The minimum Gasteiger partial charge on any atom is -0.497 e. The lowest BCUT2D eigenvalue weighted by atomic mass is 10.3. The summed E-state index contributed by atoms with van der Waals surface area (Å²) in [5.74, 6) is 1.66. The van der Waals surface area contributed by atoms with Crippen molar-refractivity contribution in [1.29, 1.82) is 0 Å². The van der Waals surface area contributed by atoms with Gasteiger partial charge in [0.2, 0.25) is 22.7 Å². The van der Waals surface area contributed by atoms with Gasteiger partial charge in [-0.1, -0.05) is 6.07 Å². The standard InChI is InChI=1S/C20H24N2O7S/c1-3-30(24,25)22(15-7-8-18-19(11-15)29-14-28-18)13-20(23)21-9-10-27-17-6-4-5-16(12-17)26-2/h4-8,11-12H,3,9-10,13-14H2,1-2H3,(H,21,23). The Morgan fingerprint density at radius 2 is 1.90 bits per heavy atom. The first kappa shape index (κ1) is 21.6. The Labute approximate surface area is 175 Å². The molecule has 0 bridgehead atoms. The van der Waals surface area contributed by atoms with E-state index in [4.69, 9.17) is 18.9 Å². The number of hydrogen-bond donors (Lipinski definition) is 1. The van der Waals surface area contributed by atoms with Crippen molar-refractivity contribution in [3.8, 4) is 23.0 Å². The Hall–Kier alpha value is -3.14. The molecule has 0 aromatic heterocycles. The van der Waals surface area contributed by atoms with Gasteiger partial charge in [-0.15, -0.1) is 0 Å². The molecule has 0 atom stereocenters. The van der Waals surface area contributed by atoms with Gasteiger partial charge in [-0.3, -0.25) is 9.10 Å². The average molecular weight is 436 g/mol. The molecule has 1 heterocycles. The van der Waals surface area contributed by atoms with Crippen LogP contribution in [0.25, 0.3) is 0 Å². The van der Waals surface area contributed by atoms with Crippen LogP contribution in [-0.4, -0.2) is 53.7 Å². The van der Waals surface area contributed by atoms with E-state index in [2.05, 4.69) is 5.32 Å². The van der Waals surface area contributed by atoms with Crippen LogP contribution < -0.4 is 28.6 Å². The van der Waals surface area contributed by atoms with Crippen molar-refractivity contribution in [2.24, 2.45) is 0 Å². The van der Waals surface area contributed by atoms with Crippen molar-refractivity contribution >= 4 is 21.6 Å². The molecule has 1 N–H and O–H groups in total. The van der Waals surface area contributed by atoms with E-state index in [9.17, 15) is 13.2 Å². The Morgan fingerprint density at radius 1 is 1.13 bits per heavy atom. The highest BCUT2D eigenvalue weighted by Crippen LogP contribution is 2.36. The summed E-state index contributed by atoms with van der Waals surface area (Å²) in [5.41, 5.74) is 0.337. The molecule has 0 unspecified atom stereocenters. The molecule has 9 nitrogen and oxygen atoms in total. The van der Waals surface area contributed by atoms with Crippen LogP contribution in [0.15, 0.2) is 42.5 Å². The number of carbonyl (C=O) groups is 1. The minimum absolute atomic E-state index is 0.0765. The van der Waals surface area contributed by atoms with Gasteiger partial charge in [0.25, 0.3) is 0 Å². The topological polar surface area (TPSA) is 103 Å². The second-order valence-corrected chi connectivity index (χ2v) is 8.50. The minimum atomic E-state index is -3.68. The number of carbonyl (C=O) groups excluding carboxylic acids is 1. The molecular weight excluding hydrogens is 412 g/mol. The summed E-state index contributed by atoms with van der Waals surface area (Å²) in [6.07, 6.45) is 0. The van der Waals surface area contributed by atoms with Gasteiger partial charge in [0.05, 0.1) is 25.1 Å². The number of ether oxygens (including phenoxy) is 4. The SMILES string of the molecule is CCS(=O)(=O)N(CC(=O)NCCOc1cccc(OC)c1)c1ccc2c(c1)OCO2. The van der Waals surface area contributed by atoms with Crippen molar-refractivity contribution in [2.75, 3.05) is 43.7 Å². The summed E-state index contributed by atoms with van der Waals surface area (Å²) in [4.78, 5) is 12.4. The van der Waals surface area contributed by atoms with Crippen LogP contribution in [0.2, 0.25) is 0 Å². The van der Waals surface area contributed by atoms with E-state index in [0.29, 0.717) is 28.7 Å². The summed E-state index contributed by atoms with van der Waals surface area (Å²) >= 11 is 0. The quantitative estimate of drug-likeness (QED) is 0.566. The van der Waals surface area contributed by atoms with Crippen molar-refractivity contribution in [3.63, 3.8) is 0 Å².